The maximum atomic E-state index is 13.1. The molecule has 0 aromatic carbocycles. The Morgan fingerprint density at radius 1 is 0.419 bits per heavy atom. The van der Waals surface area contributed by atoms with Gasteiger partial charge in [-0.05, 0) is 38.5 Å². The van der Waals surface area contributed by atoms with Gasteiger partial charge in [0.15, 0.2) is 18.7 Å². The fraction of sp³-hybridized carbons (Fsp3) is 0.932. The summed E-state index contributed by atoms with van der Waals surface area (Å²) >= 11 is 0. The largest absolute Gasteiger partial charge is 0.462 e. The van der Waals surface area contributed by atoms with Crippen molar-refractivity contribution in [3.63, 3.8) is 0 Å². The van der Waals surface area contributed by atoms with E-state index in [4.69, 9.17) is 28.4 Å². The number of carbonyl (C=O) groups excluding carboxylic acids is 2. The maximum Gasteiger partial charge on any atom is 0.306 e. The Morgan fingerprint density at radius 2 is 0.770 bits per heavy atom. The third-order valence-electron chi connectivity index (χ3n) is 14.7. The summed E-state index contributed by atoms with van der Waals surface area (Å²) < 4.78 is 33.7. The van der Waals surface area contributed by atoms with Crippen LogP contribution in [0.25, 0.3) is 0 Å². The molecular formula is C59H110O15. The number of ether oxygens (including phenoxy) is 6. The van der Waals surface area contributed by atoms with E-state index in [0.29, 0.717) is 12.8 Å². The molecule has 0 amide bonds. The van der Waals surface area contributed by atoms with Crippen LogP contribution < -0.4 is 0 Å². The lowest BCUT2D eigenvalue weighted by molar-refractivity contribution is -0.332. The van der Waals surface area contributed by atoms with Crippen molar-refractivity contribution >= 4 is 11.9 Å². The molecule has 15 heteroatoms. The molecule has 2 aliphatic rings. The molecule has 11 atom stereocenters. The summed E-state index contributed by atoms with van der Waals surface area (Å²) in [5.74, 6) is -0.913. The van der Waals surface area contributed by atoms with E-state index < -0.39 is 92.7 Å². The molecule has 0 spiro atoms. The van der Waals surface area contributed by atoms with Crippen molar-refractivity contribution in [1.29, 1.82) is 0 Å². The Hall–Kier alpha value is -1.76. The molecule has 4 unspecified atom stereocenters. The van der Waals surface area contributed by atoms with Crippen molar-refractivity contribution in [1.82, 2.24) is 0 Å². The molecular weight excluding hydrogens is 949 g/mol. The number of carbonyl (C=O) groups is 2. The van der Waals surface area contributed by atoms with Crippen molar-refractivity contribution < 1.29 is 73.8 Å². The zero-order valence-electron chi connectivity index (χ0n) is 46.6. The third-order valence-corrected chi connectivity index (χ3v) is 14.7. The van der Waals surface area contributed by atoms with Crippen LogP contribution in [0.5, 0.6) is 0 Å². The predicted octanol–water partition coefficient (Wildman–Crippen LogP) is 10.5. The minimum absolute atomic E-state index is 0.165. The number of aliphatic hydroxyl groups excluding tert-OH is 7. The summed E-state index contributed by atoms with van der Waals surface area (Å²) in [6.07, 6.45) is 32.3. The Balaban J connectivity index is 1.73. The van der Waals surface area contributed by atoms with E-state index in [1.54, 1.807) is 0 Å². The normalized spacial score (nSPS) is 24.7. The van der Waals surface area contributed by atoms with Crippen molar-refractivity contribution in [2.75, 3.05) is 26.4 Å². The average molecular weight is 1060 g/mol. The number of aliphatic hydroxyl groups is 7. The highest BCUT2D eigenvalue weighted by molar-refractivity contribution is 5.70. The number of allylic oxidation sites excluding steroid dienone is 2. The fourth-order valence-electron chi connectivity index (χ4n) is 9.80. The molecule has 2 heterocycles. The minimum atomic E-state index is -1.76. The second kappa shape index (κ2) is 46.2. The third kappa shape index (κ3) is 32.9. The van der Waals surface area contributed by atoms with E-state index in [1.807, 2.05) is 0 Å². The molecule has 7 N–H and O–H groups in total. The van der Waals surface area contributed by atoms with Crippen LogP contribution >= 0.6 is 0 Å². The average Bonchev–Trinajstić information content (AvgIpc) is 3.39. The van der Waals surface area contributed by atoms with Gasteiger partial charge in [-0.3, -0.25) is 9.59 Å². The molecule has 0 aromatic rings. The van der Waals surface area contributed by atoms with Gasteiger partial charge in [0.1, 0.15) is 55.4 Å². The molecule has 2 rings (SSSR count). The first-order valence-corrected chi connectivity index (χ1v) is 30.3. The first kappa shape index (κ1) is 68.3. The monoisotopic (exact) mass is 1060 g/mol. The molecule has 0 aromatic heterocycles. The van der Waals surface area contributed by atoms with Crippen LogP contribution in [-0.4, -0.2) is 142 Å². The van der Waals surface area contributed by atoms with E-state index >= 15 is 0 Å². The summed E-state index contributed by atoms with van der Waals surface area (Å²) in [4.78, 5) is 25.9. The van der Waals surface area contributed by atoms with Gasteiger partial charge >= 0.3 is 11.9 Å². The first-order chi connectivity index (χ1) is 36.0. The molecule has 0 radical (unpaired) electrons. The minimum Gasteiger partial charge on any atom is -0.462 e. The quantitative estimate of drug-likeness (QED) is 0.0171. The molecule has 0 bridgehead atoms. The maximum absolute atomic E-state index is 13.1. The Morgan fingerprint density at radius 3 is 1.19 bits per heavy atom. The molecule has 2 fully saturated rings. The Kier molecular flexibility index (Phi) is 42.7. The molecule has 2 aliphatic heterocycles. The van der Waals surface area contributed by atoms with Crippen molar-refractivity contribution in [3.05, 3.63) is 12.2 Å². The number of esters is 2. The molecule has 15 nitrogen and oxygen atoms in total. The van der Waals surface area contributed by atoms with Crippen molar-refractivity contribution in [2.45, 2.75) is 325 Å². The van der Waals surface area contributed by atoms with Gasteiger partial charge in [0, 0.05) is 12.8 Å². The van der Waals surface area contributed by atoms with Gasteiger partial charge in [-0.25, -0.2) is 0 Å². The summed E-state index contributed by atoms with van der Waals surface area (Å²) in [6.45, 7) is 2.64. The van der Waals surface area contributed by atoms with Gasteiger partial charge in [-0.15, -0.1) is 0 Å². The zero-order chi connectivity index (χ0) is 53.9. The topological polar surface area (TPSA) is 231 Å². The lowest BCUT2D eigenvalue weighted by Crippen LogP contribution is -2.61. The van der Waals surface area contributed by atoms with E-state index in [0.717, 1.165) is 51.4 Å². The zero-order valence-corrected chi connectivity index (χ0v) is 46.6. The van der Waals surface area contributed by atoms with E-state index in [9.17, 15) is 45.3 Å². The van der Waals surface area contributed by atoms with Gasteiger partial charge in [0.2, 0.25) is 0 Å². The van der Waals surface area contributed by atoms with Crippen LogP contribution in [0.3, 0.4) is 0 Å². The van der Waals surface area contributed by atoms with Crippen LogP contribution in [-0.2, 0) is 38.0 Å². The predicted molar refractivity (Wildman–Crippen MR) is 289 cm³/mol. The van der Waals surface area contributed by atoms with Crippen LogP contribution in [0.4, 0.5) is 0 Å². The number of rotatable bonds is 49. The second-order valence-corrected chi connectivity index (χ2v) is 21.5. The van der Waals surface area contributed by atoms with Crippen LogP contribution in [0.15, 0.2) is 12.2 Å². The van der Waals surface area contributed by atoms with E-state index in [2.05, 4.69) is 26.0 Å². The number of hydrogen-bond acceptors (Lipinski definition) is 15. The highest BCUT2D eigenvalue weighted by Crippen LogP contribution is 2.27. The number of unbranched alkanes of at least 4 members (excludes halogenated alkanes) is 33. The summed E-state index contributed by atoms with van der Waals surface area (Å²) in [5.41, 5.74) is 0. The van der Waals surface area contributed by atoms with Crippen LogP contribution in [0.1, 0.15) is 258 Å². The van der Waals surface area contributed by atoms with Crippen LogP contribution in [0.2, 0.25) is 0 Å². The smallest absolute Gasteiger partial charge is 0.306 e. The molecule has 2 saturated heterocycles. The molecule has 0 saturated carbocycles. The molecule has 436 valence electrons. The summed E-state index contributed by atoms with van der Waals surface area (Å²) in [6, 6.07) is 0. The standard InChI is InChI=1S/C59H110O15/c1-3-5-7-9-11-13-15-17-19-21-22-23-24-26-27-29-31-33-35-37-39-41-50(61)69-44-47(72-51(62)42-40-38-36-34-32-30-28-25-20-18-16-14-12-10-8-6-4-2)45-70-58-57(68)55(66)53(64)49(74-58)46-71-59-56(67)54(65)52(63)48(43-60)73-59/h18,20,47-49,52-60,63-68H,3-17,19,21-46H2,1-2H3/b20-18+/t47-,48+,49+,52-,53-,54?,55?,56?,57?,58+,59+/m0/s1. The summed E-state index contributed by atoms with van der Waals surface area (Å²) in [5, 5.41) is 72.3. The van der Waals surface area contributed by atoms with E-state index in [-0.39, 0.29) is 26.1 Å². The lowest BCUT2D eigenvalue weighted by Gasteiger charge is -2.42. The number of hydrogen-bond donors (Lipinski definition) is 7. The van der Waals surface area contributed by atoms with E-state index in [1.165, 1.54) is 167 Å². The fourth-order valence-corrected chi connectivity index (χ4v) is 9.80. The highest BCUT2D eigenvalue weighted by atomic mass is 16.7. The first-order valence-electron chi connectivity index (χ1n) is 30.3. The SMILES string of the molecule is CCCCCCCC/C=C/CCCCCCCCCC(=O)O[C@@H](COC(=O)CCCCCCCCCCCCCCCCCCCCCCC)CO[C@@H]1O[C@H](CO[C@@H]2O[C@H](CO)[C@H](O)C(O)C2O)[C@H](O)C(O)C1O. The summed E-state index contributed by atoms with van der Waals surface area (Å²) in [7, 11) is 0. The van der Waals surface area contributed by atoms with Gasteiger partial charge in [-0.2, -0.15) is 0 Å². The van der Waals surface area contributed by atoms with Crippen molar-refractivity contribution in [2.24, 2.45) is 0 Å². The van der Waals surface area contributed by atoms with Gasteiger partial charge in [0.05, 0.1) is 19.8 Å². The second-order valence-electron chi connectivity index (χ2n) is 21.5. The van der Waals surface area contributed by atoms with Crippen molar-refractivity contribution in [3.8, 4) is 0 Å². The van der Waals surface area contributed by atoms with Crippen LogP contribution in [0, 0.1) is 0 Å². The Labute approximate surface area is 448 Å². The Bertz CT molecular complexity index is 1340. The van der Waals surface area contributed by atoms with Gasteiger partial charge in [0.25, 0.3) is 0 Å². The molecule has 0 aliphatic carbocycles. The van der Waals surface area contributed by atoms with Gasteiger partial charge in [-0.1, -0.05) is 219 Å². The lowest BCUT2D eigenvalue weighted by atomic mass is 9.98. The molecule has 74 heavy (non-hydrogen) atoms. The highest BCUT2D eigenvalue weighted by Gasteiger charge is 2.47. The van der Waals surface area contributed by atoms with Gasteiger partial charge < -0.3 is 64.2 Å².